The molecule has 0 aliphatic rings. The molecule has 0 aliphatic carbocycles. The molecule has 0 bridgehead atoms. The Morgan fingerprint density at radius 2 is 1.92 bits per heavy atom. The third kappa shape index (κ3) is 6.34. The molecule has 2 rings (SSSR count). The maximum atomic E-state index is 11.8. The van der Waals surface area contributed by atoms with Gasteiger partial charge in [-0.15, -0.1) is 0 Å². The molecule has 7 nitrogen and oxygen atoms in total. The van der Waals surface area contributed by atoms with Crippen LogP contribution in [0.3, 0.4) is 0 Å². The van der Waals surface area contributed by atoms with Crippen LogP contribution in [0.2, 0.25) is 0 Å². The maximum absolute atomic E-state index is 11.8. The number of nitrogens with zero attached hydrogens (tertiary/aromatic N) is 1. The van der Waals surface area contributed by atoms with Crippen LogP contribution < -0.4 is 15.5 Å². The lowest BCUT2D eigenvalue weighted by Gasteiger charge is -2.06. The summed E-state index contributed by atoms with van der Waals surface area (Å²) in [6.07, 6.45) is 1.02. The van der Waals surface area contributed by atoms with Crippen LogP contribution in [-0.2, 0) is 9.59 Å². The largest absolute Gasteiger partial charge is 0.508 e. The summed E-state index contributed by atoms with van der Waals surface area (Å²) in [7, 11) is 0. The predicted molar refractivity (Wildman–Crippen MR) is 94.7 cm³/mol. The summed E-state index contributed by atoms with van der Waals surface area (Å²) in [5.74, 6) is -0.182. The summed E-state index contributed by atoms with van der Waals surface area (Å²) in [5.41, 5.74) is 3.46. The van der Waals surface area contributed by atoms with E-state index in [-0.39, 0.29) is 12.2 Å². The molecule has 3 N–H and O–H groups in total. The minimum absolute atomic E-state index is 0.102. The third-order valence-electron chi connectivity index (χ3n) is 3.04. The monoisotopic (exact) mass is 341 g/mol. The minimum Gasteiger partial charge on any atom is -0.508 e. The SMILES string of the molecule is CCOc1ccc(NC(=O)CC(=O)NN=Cc2cccc(O)c2)cc1. The van der Waals surface area contributed by atoms with Gasteiger partial charge in [0, 0.05) is 5.69 Å². The number of aromatic hydroxyl groups is 1. The molecule has 7 heteroatoms. The Kier molecular flexibility index (Phi) is 6.53. The van der Waals surface area contributed by atoms with Crippen molar-refractivity contribution in [3.63, 3.8) is 0 Å². The number of hydrogen-bond donors (Lipinski definition) is 3. The molecule has 0 fully saturated rings. The Labute approximate surface area is 145 Å². The average molecular weight is 341 g/mol. The standard InChI is InChI=1S/C18H19N3O4/c1-2-25-16-8-6-14(7-9-16)20-17(23)11-18(24)21-19-12-13-4-3-5-15(22)10-13/h3-10,12,22H,2,11H2,1H3,(H,20,23)(H,21,24). The number of benzene rings is 2. The first-order valence-electron chi connectivity index (χ1n) is 7.70. The number of ether oxygens (including phenoxy) is 1. The molecule has 0 radical (unpaired) electrons. The first kappa shape index (κ1) is 18.0. The summed E-state index contributed by atoms with van der Waals surface area (Å²) in [6.45, 7) is 2.45. The van der Waals surface area contributed by atoms with Gasteiger partial charge in [0.1, 0.15) is 17.9 Å². The van der Waals surface area contributed by atoms with E-state index in [0.717, 1.165) is 0 Å². The van der Waals surface area contributed by atoms with E-state index >= 15 is 0 Å². The molecule has 0 spiro atoms. The lowest BCUT2D eigenvalue weighted by atomic mass is 10.2. The lowest BCUT2D eigenvalue weighted by molar-refractivity contribution is -0.126. The molecule has 0 saturated heterocycles. The number of hydrogen-bond acceptors (Lipinski definition) is 5. The van der Waals surface area contributed by atoms with E-state index in [2.05, 4.69) is 15.8 Å². The van der Waals surface area contributed by atoms with Crippen molar-refractivity contribution in [2.45, 2.75) is 13.3 Å². The number of phenols is 1. The van der Waals surface area contributed by atoms with Crippen LogP contribution in [0.15, 0.2) is 53.6 Å². The van der Waals surface area contributed by atoms with Gasteiger partial charge >= 0.3 is 0 Å². The van der Waals surface area contributed by atoms with Crippen molar-refractivity contribution in [3.05, 3.63) is 54.1 Å². The molecular formula is C18H19N3O4. The van der Waals surface area contributed by atoms with Gasteiger partial charge in [0.2, 0.25) is 11.8 Å². The first-order chi connectivity index (χ1) is 12.1. The zero-order valence-electron chi connectivity index (χ0n) is 13.7. The minimum atomic E-state index is -0.542. The number of phenolic OH excluding ortho intramolecular Hbond substituents is 1. The number of anilines is 1. The van der Waals surface area contributed by atoms with Gasteiger partial charge in [-0.3, -0.25) is 9.59 Å². The van der Waals surface area contributed by atoms with Crippen LogP contribution in [0.25, 0.3) is 0 Å². The molecule has 0 heterocycles. The fraction of sp³-hybridized carbons (Fsp3) is 0.167. The van der Waals surface area contributed by atoms with Crippen molar-refractivity contribution in [1.82, 2.24) is 5.43 Å². The second-order valence-electron chi connectivity index (χ2n) is 5.07. The Morgan fingerprint density at radius 3 is 2.60 bits per heavy atom. The van der Waals surface area contributed by atoms with E-state index in [1.807, 2.05) is 6.92 Å². The number of carbonyl (C=O) groups is 2. The van der Waals surface area contributed by atoms with Crippen LogP contribution >= 0.6 is 0 Å². The van der Waals surface area contributed by atoms with E-state index < -0.39 is 11.8 Å². The smallest absolute Gasteiger partial charge is 0.249 e. The molecule has 130 valence electrons. The van der Waals surface area contributed by atoms with Crippen LogP contribution in [0, 0.1) is 0 Å². The summed E-state index contributed by atoms with van der Waals surface area (Å²) < 4.78 is 5.31. The third-order valence-corrected chi connectivity index (χ3v) is 3.04. The van der Waals surface area contributed by atoms with Crippen LogP contribution in [0.1, 0.15) is 18.9 Å². The molecule has 2 amide bonds. The highest BCUT2D eigenvalue weighted by atomic mass is 16.5. The zero-order valence-corrected chi connectivity index (χ0v) is 13.7. The van der Waals surface area contributed by atoms with E-state index in [1.54, 1.807) is 36.4 Å². The summed E-state index contributed by atoms with van der Waals surface area (Å²) in [6, 6.07) is 13.3. The van der Waals surface area contributed by atoms with Gasteiger partial charge in [-0.2, -0.15) is 5.10 Å². The predicted octanol–water partition coefficient (Wildman–Crippen LogP) is 2.27. The Morgan fingerprint density at radius 1 is 1.16 bits per heavy atom. The highest BCUT2D eigenvalue weighted by Crippen LogP contribution is 2.15. The van der Waals surface area contributed by atoms with Crippen molar-refractivity contribution in [3.8, 4) is 11.5 Å². The molecule has 2 aromatic rings. The van der Waals surface area contributed by atoms with Crippen molar-refractivity contribution < 1.29 is 19.4 Å². The fourth-order valence-corrected chi connectivity index (χ4v) is 1.98. The van der Waals surface area contributed by atoms with Gasteiger partial charge in [0.15, 0.2) is 0 Å². The normalized spacial score (nSPS) is 10.4. The maximum Gasteiger partial charge on any atom is 0.249 e. The summed E-state index contributed by atoms with van der Waals surface area (Å²) in [5, 5.41) is 15.7. The van der Waals surface area contributed by atoms with Crippen molar-refractivity contribution in [2.75, 3.05) is 11.9 Å². The molecule has 0 unspecified atom stereocenters. The highest BCUT2D eigenvalue weighted by Gasteiger charge is 2.09. The average Bonchev–Trinajstić information content (AvgIpc) is 2.57. The molecule has 25 heavy (non-hydrogen) atoms. The molecule has 0 aliphatic heterocycles. The summed E-state index contributed by atoms with van der Waals surface area (Å²) in [4.78, 5) is 23.5. The van der Waals surface area contributed by atoms with Crippen molar-refractivity contribution >= 4 is 23.7 Å². The fourth-order valence-electron chi connectivity index (χ4n) is 1.98. The Balaban J connectivity index is 1.78. The highest BCUT2D eigenvalue weighted by molar-refractivity contribution is 6.03. The molecule has 0 atom stereocenters. The topological polar surface area (TPSA) is 100 Å². The van der Waals surface area contributed by atoms with Gasteiger partial charge in [-0.1, -0.05) is 12.1 Å². The number of carbonyl (C=O) groups excluding carboxylic acids is 2. The van der Waals surface area contributed by atoms with Gasteiger partial charge in [0.25, 0.3) is 0 Å². The van der Waals surface area contributed by atoms with E-state index in [9.17, 15) is 14.7 Å². The number of hydrazone groups is 1. The second-order valence-corrected chi connectivity index (χ2v) is 5.07. The van der Waals surface area contributed by atoms with Crippen LogP contribution in [0.5, 0.6) is 11.5 Å². The molecule has 2 aromatic carbocycles. The first-order valence-corrected chi connectivity index (χ1v) is 7.70. The molecular weight excluding hydrogens is 322 g/mol. The molecule has 0 saturated carbocycles. The molecule has 0 aromatic heterocycles. The van der Waals surface area contributed by atoms with Crippen molar-refractivity contribution in [2.24, 2.45) is 5.10 Å². The van der Waals surface area contributed by atoms with Crippen LogP contribution in [-0.4, -0.2) is 29.7 Å². The Bertz CT molecular complexity index is 757. The van der Waals surface area contributed by atoms with Crippen LogP contribution in [0.4, 0.5) is 5.69 Å². The number of rotatable bonds is 7. The van der Waals surface area contributed by atoms with Gasteiger partial charge in [-0.25, -0.2) is 5.43 Å². The van der Waals surface area contributed by atoms with Gasteiger partial charge in [-0.05, 0) is 48.9 Å². The van der Waals surface area contributed by atoms with Crippen molar-refractivity contribution in [1.29, 1.82) is 0 Å². The second kappa shape index (κ2) is 9.07. The van der Waals surface area contributed by atoms with E-state index in [0.29, 0.717) is 23.6 Å². The van der Waals surface area contributed by atoms with E-state index in [1.165, 1.54) is 18.3 Å². The quantitative estimate of drug-likeness (QED) is 0.408. The zero-order chi connectivity index (χ0) is 18.1. The van der Waals surface area contributed by atoms with E-state index in [4.69, 9.17) is 4.74 Å². The lowest BCUT2D eigenvalue weighted by Crippen LogP contribution is -2.24. The van der Waals surface area contributed by atoms with Gasteiger partial charge < -0.3 is 15.2 Å². The Hall–Kier alpha value is -3.35. The van der Waals surface area contributed by atoms with Gasteiger partial charge in [0.05, 0.1) is 12.8 Å². The number of nitrogens with one attached hydrogen (secondary N) is 2. The summed E-state index contributed by atoms with van der Waals surface area (Å²) >= 11 is 0. The number of amides is 2.